The first-order valence-electron chi connectivity index (χ1n) is 10.3. The van der Waals surface area contributed by atoms with Gasteiger partial charge < -0.3 is 14.8 Å². The largest absolute Gasteiger partial charge is 0.497 e. The number of carbonyl (C=O) groups excluding carboxylic acids is 1. The van der Waals surface area contributed by atoms with Crippen molar-refractivity contribution in [2.24, 2.45) is 0 Å². The number of rotatable bonds is 7. The number of halogens is 1. The Labute approximate surface area is 192 Å². The molecule has 1 heterocycles. The molecule has 0 saturated carbocycles. The summed E-state index contributed by atoms with van der Waals surface area (Å²) < 4.78 is 11.2. The minimum atomic E-state index is -0.189. The lowest BCUT2D eigenvalue weighted by atomic mass is 10.1. The number of pyridine rings is 1. The summed E-state index contributed by atoms with van der Waals surface area (Å²) in [5.74, 6) is 1.25. The fraction of sp³-hybridized carbons (Fsp3) is 0.154. The van der Waals surface area contributed by atoms with Gasteiger partial charge in [-0.2, -0.15) is 0 Å². The molecule has 162 valence electrons. The third-order valence-electron chi connectivity index (χ3n) is 5.10. The Kier molecular flexibility index (Phi) is 6.57. The van der Waals surface area contributed by atoms with Crippen LogP contribution in [-0.4, -0.2) is 24.6 Å². The summed E-state index contributed by atoms with van der Waals surface area (Å²) in [5.41, 5.74) is 3.84. The van der Waals surface area contributed by atoms with Crippen LogP contribution >= 0.6 is 11.6 Å². The predicted octanol–water partition coefficient (Wildman–Crippen LogP) is 5.89. The average molecular weight is 447 g/mol. The van der Waals surface area contributed by atoms with E-state index in [1.807, 2.05) is 67.6 Å². The van der Waals surface area contributed by atoms with Gasteiger partial charge in [-0.1, -0.05) is 41.9 Å². The molecule has 0 saturated heterocycles. The molecule has 4 rings (SSSR count). The second-order valence-corrected chi connectivity index (χ2v) is 7.58. The van der Waals surface area contributed by atoms with Crippen molar-refractivity contribution >= 4 is 28.4 Å². The van der Waals surface area contributed by atoms with Crippen molar-refractivity contribution in [1.82, 2.24) is 10.3 Å². The monoisotopic (exact) mass is 446 g/mol. The second kappa shape index (κ2) is 9.71. The highest BCUT2D eigenvalue weighted by atomic mass is 35.5. The molecule has 0 bridgehead atoms. The van der Waals surface area contributed by atoms with E-state index in [0.717, 1.165) is 33.5 Å². The summed E-state index contributed by atoms with van der Waals surface area (Å²) in [6.07, 6.45) is 0. The molecule has 0 radical (unpaired) electrons. The number of nitrogens with one attached hydrogen (secondary N) is 1. The Morgan fingerprint density at radius 1 is 1.03 bits per heavy atom. The highest BCUT2D eigenvalue weighted by Crippen LogP contribution is 2.32. The summed E-state index contributed by atoms with van der Waals surface area (Å²) in [5, 5.41) is 4.33. The van der Waals surface area contributed by atoms with Gasteiger partial charge in [0.1, 0.15) is 11.5 Å². The second-order valence-electron chi connectivity index (χ2n) is 7.18. The lowest BCUT2D eigenvalue weighted by Crippen LogP contribution is -2.22. The van der Waals surface area contributed by atoms with Crippen LogP contribution in [0.1, 0.15) is 22.8 Å². The summed E-state index contributed by atoms with van der Waals surface area (Å²) in [4.78, 5) is 17.6. The SMILES string of the molecule is CCOc1cc(-c2cccc(OC)c2)nc2ccc(C(=O)NCc3ccccc3Cl)cc12. The Hall–Kier alpha value is -3.57. The van der Waals surface area contributed by atoms with Crippen molar-refractivity contribution in [3.05, 3.63) is 88.9 Å². The van der Waals surface area contributed by atoms with Gasteiger partial charge in [0.25, 0.3) is 5.91 Å². The molecule has 6 heteroatoms. The number of fused-ring (bicyclic) bond motifs is 1. The standard InChI is InChI=1S/C26H23ClN2O3/c1-3-32-25-15-24(17-8-6-9-20(13-17)31-2)29-23-12-11-18(14-21(23)25)26(30)28-16-19-7-4-5-10-22(19)27/h4-15H,3,16H2,1-2H3,(H,28,30). The van der Waals surface area contributed by atoms with E-state index in [0.29, 0.717) is 29.5 Å². The van der Waals surface area contributed by atoms with Crippen molar-refractivity contribution in [3.63, 3.8) is 0 Å². The summed E-state index contributed by atoms with van der Waals surface area (Å²) in [6, 6.07) is 22.5. The number of nitrogens with zero attached hydrogens (tertiary/aromatic N) is 1. The number of aromatic nitrogens is 1. The molecule has 32 heavy (non-hydrogen) atoms. The van der Waals surface area contributed by atoms with Crippen LogP contribution in [0.2, 0.25) is 5.02 Å². The minimum absolute atomic E-state index is 0.189. The normalized spacial score (nSPS) is 10.7. The molecule has 0 atom stereocenters. The maximum Gasteiger partial charge on any atom is 0.251 e. The van der Waals surface area contributed by atoms with Gasteiger partial charge in [0.15, 0.2) is 0 Å². The van der Waals surface area contributed by atoms with Crippen LogP contribution in [-0.2, 0) is 6.54 Å². The van der Waals surface area contributed by atoms with Crippen molar-refractivity contribution in [2.75, 3.05) is 13.7 Å². The topological polar surface area (TPSA) is 60.5 Å². The maximum atomic E-state index is 12.8. The fourth-order valence-electron chi connectivity index (χ4n) is 3.46. The molecule has 1 amide bonds. The van der Waals surface area contributed by atoms with Crippen molar-refractivity contribution in [3.8, 4) is 22.8 Å². The smallest absolute Gasteiger partial charge is 0.251 e. The van der Waals surface area contributed by atoms with E-state index in [1.165, 1.54) is 0 Å². The predicted molar refractivity (Wildman–Crippen MR) is 128 cm³/mol. The van der Waals surface area contributed by atoms with Crippen molar-refractivity contribution < 1.29 is 14.3 Å². The summed E-state index contributed by atoms with van der Waals surface area (Å²) in [6.45, 7) is 2.78. The number of benzene rings is 3. The third-order valence-corrected chi connectivity index (χ3v) is 5.46. The van der Waals surface area contributed by atoms with Gasteiger partial charge in [-0.3, -0.25) is 4.79 Å². The van der Waals surface area contributed by atoms with Gasteiger partial charge in [0.2, 0.25) is 0 Å². The number of carbonyl (C=O) groups is 1. The Balaban J connectivity index is 1.66. The Morgan fingerprint density at radius 2 is 1.88 bits per heavy atom. The molecular formula is C26H23ClN2O3. The van der Waals surface area contributed by atoms with E-state index >= 15 is 0 Å². The fourth-order valence-corrected chi connectivity index (χ4v) is 3.66. The third kappa shape index (κ3) is 4.68. The molecule has 0 aliphatic rings. The quantitative estimate of drug-likeness (QED) is 0.384. The van der Waals surface area contributed by atoms with Gasteiger partial charge in [0, 0.05) is 34.1 Å². The molecule has 1 aromatic heterocycles. The van der Waals surface area contributed by atoms with E-state index in [2.05, 4.69) is 5.32 Å². The van der Waals surface area contributed by atoms with Crippen LogP contribution in [0, 0.1) is 0 Å². The lowest BCUT2D eigenvalue weighted by Gasteiger charge is -2.12. The van der Waals surface area contributed by atoms with Crippen LogP contribution in [0.3, 0.4) is 0 Å². The van der Waals surface area contributed by atoms with Gasteiger partial charge in [0.05, 0.1) is 24.9 Å². The highest BCUT2D eigenvalue weighted by Gasteiger charge is 2.13. The lowest BCUT2D eigenvalue weighted by molar-refractivity contribution is 0.0951. The summed E-state index contributed by atoms with van der Waals surface area (Å²) in [7, 11) is 1.64. The number of amides is 1. The van der Waals surface area contributed by atoms with Crippen LogP contribution in [0.5, 0.6) is 11.5 Å². The zero-order valence-electron chi connectivity index (χ0n) is 17.9. The van der Waals surface area contributed by atoms with E-state index in [9.17, 15) is 4.79 Å². The number of ether oxygens (including phenoxy) is 2. The van der Waals surface area contributed by atoms with Crippen molar-refractivity contribution in [1.29, 1.82) is 0 Å². The molecule has 1 N–H and O–H groups in total. The molecule has 0 aliphatic heterocycles. The molecule has 3 aromatic carbocycles. The van der Waals surface area contributed by atoms with Crippen LogP contribution in [0.15, 0.2) is 72.8 Å². The molecule has 5 nitrogen and oxygen atoms in total. The van der Waals surface area contributed by atoms with Crippen LogP contribution in [0.25, 0.3) is 22.2 Å². The van der Waals surface area contributed by atoms with Gasteiger partial charge >= 0.3 is 0 Å². The van der Waals surface area contributed by atoms with E-state index < -0.39 is 0 Å². The number of methoxy groups -OCH3 is 1. The molecule has 0 spiro atoms. The zero-order chi connectivity index (χ0) is 22.5. The van der Waals surface area contributed by atoms with Crippen molar-refractivity contribution in [2.45, 2.75) is 13.5 Å². The first kappa shape index (κ1) is 21.7. The number of hydrogen-bond acceptors (Lipinski definition) is 4. The maximum absolute atomic E-state index is 12.8. The molecular weight excluding hydrogens is 424 g/mol. The Morgan fingerprint density at radius 3 is 2.66 bits per heavy atom. The first-order chi connectivity index (χ1) is 15.6. The molecule has 0 fully saturated rings. The molecule has 4 aromatic rings. The van der Waals surface area contributed by atoms with Gasteiger partial charge in [-0.05, 0) is 48.9 Å². The molecule has 0 aliphatic carbocycles. The first-order valence-corrected chi connectivity index (χ1v) is 10.7. The van der Waals surface area contributed by atoms with E-state index in [1.54, 1.807) is 19.2 Å². The van der Waals surface area contributed by atoms with E-state index in [-0.39, 0.29) is 5.91 Å². The Bertz CT molecular complexity index is 1270. The average Bonchev–Trinajstić information content (AvgIpc) is 2.83. The number of hydrogen-bond donors (Lipinski definition) is 1. The van der Waals surface area contributed by atoms with Gasteiger partial charge in [-0.15, -0.1) is 0 Å². The van der Waals surface area contributed by atoms with Crippen LogP contribution < -0.4 is 14.8 Å². The van der Waals surface area contributed by atoms with Crippen LogP contribution in [0.4, 0.5) is 0 Å². The van der Waals surface area contributed by atoms with Gasteiger partial charge in [-0.25, -0.2) is 4.98 Å². The highest BCUT2D eigenvalue weighted by molar-refractivity contribution is 6.31. The summed E-state index contributed by atoms with van der Waals surface area (Å²) >= 11 is 6.19. The zero-order valence-corrected chi connectivity index (χ0v) is 18.6. The minimum Gasteiger partial charge on any atom is -0.497 e. The van der Waals surface area contributed by atoms with E-state index in [4.69, 9.17) is 26.1 Å². The molecule has 0 unspecified atom stereocenters.